The summed E-state index contributed by atoms with van der Waals surface area (Å²) in [6, 6.07) is 0. The van der Waals surface area contributed by atoms with Crippen molar-refractivity contribution in [3.05, 3.63) is 0 Å². The Hall–Kier alpha value is -1.24. The number of nitrogens with zero attached hydrogens (tertiary/aromatic N) is 2. The molecule has 2 N–H and O–H groups in total. The molecule has 0 aliphatic heterocycles. The van der Waals surface area contributed by atoms with Gasteiger partial charge in [0.25, 0.3) is 0 Å². The van der Waals surface area contributed by atoms with Gasteiger partial charge >= 0.3 is 0 Å². The Kier molecular flexibility index (Phi) is 3.21. The Morgan fingerprint density at radius 1 is 1.89 bits per heavy atom. The summed E-state index contributed by atoms with van der Waals surface area (Å²) in [7, 11) is 0. The molecular formula is C5H9N3O. The highest BCUT2D eigenvalue weighted by Crippen LogP contribution is 1.80. The van der Waals surface area contributed by atoms with E-state index in [0.29, 0.717) is 6.54 Å². The predicted molar refractivity (Wildman–Crippen MR) is 32.1 cm³/mol. The number of rotatable bonds is 3. The van der Waals surface area contributed by atoms with Gasteiger partial charge in [-0.2, -0.15) is 5.26 Å². The van der Waals surface area contributed by atoms with Gasteiger partial charge in [-0.1, -0.05) is 0 Å². The summed E-state index contributed by atoms with van der Waals surface area (Å²) in [5, 5.41) is 8.24. The summed E-state index contributed by atoms with van der Waals surface area (Å²) in [6.45, 7) is 2.33. The molecule has 4 heteroatoms. The molecule has 50 valence electrons. The fourth-order valence-electron chi connectivity index (χ4n) is 0.406. The quantitative estimate of drug-likeness (QED) is 0.401. The molecule has 0 aliphatic rings. The largest absolute Gasteiger partial charge is 0.368 e. The van der Waals surface area contributed by atoms with Crippen LogP contribution < -0.4 is 5.73 Å². The molecule has 0 saturated carbocycles. The number of likely N-dealkylation sites (N-methyl/N-ethyl adjacent to an activating group) is 1. The Morgan fingerprint density at radius 2 is 2.44 bits per heavy atom. The summed E-state index contributed by atoms with van der Waals surface area (Å²) in [6.07, 6.45) is 1.82. The molecule has 0 aromatic rings. The van der Waals surface area contributed by atoms with E-state index in [0.717, 1.165) is 0 Å². The average Bonchev–Trinajstić information content (AvgIpc) is 1.82. The van der Waals surface area contributed by atoms with E-state index in [4.69, 9.17) is 11.0 Å². The summed E-state index contributed by atoms with van der Waals surface area (Å²) in [5.41, 5.74) is 4.81. The minimum absolute atomic E-state index is 0.0208. The predicted octanol–water partition coefficient (Wildman–Crippen LogP) is -0.725. The lowest BCUT2D eigenvalue weighted by Crippen LogP contribution is -2.29. The molecule has 0 saturated heterocycles. The molecule has 1 amide bonds. The molecule has 0 aliphatic carbocycles. The second kappa shape index (κ2) is 3.72. The summed E-state index contributed by atoms with van der Waals surface area (Å²) in [4.78, 5) is 11.4. The van der Waals surface area contributed by atoms with Crippen LogP contribution in [0.5, 0.6) is 0 Å². The number of nitriles is 1. The van der Waals surface area contributed by atoms with Gasteiger partial charge in [0.1, 0.15) is 6.54 Å². The molecule has 0 aromatic carbocycles. The molecule has 0 atom stereocenters. The first kappa shape index (κ1) is 7.76. The molecule has 0 bridgehead atoms. The van der Waals surface area contributed by atoms with Crippen LogP contribution in [0.1, 0.15) is 6.92 Å². The number of carbonyl (C=O) groups excluding carboxylic acids is 1. The van der Waals surface area contributed by atoms with Gasteiger partial charge in [0.05, 0.1) is 0 Å². The van der Waals surface area contributed by atoms with E-state index in [9.17, 15) is 4.79 Å². The molecule has 0 aromatic heterocycles. The molecule has 0 unspecified atom stereocenters. The topological polar surface area (TPSA) is 70.1 Å². The van der Waals surface area contributed by atoms with Crippen molar-refractivity contribution in [3.63, 3.8) is 0 Å². The molecule has 0 radical (unpaired) electrons. The first-order valence-electron chi connectivity index (χ1n) is 2.63. The first-order valence-corrected chi connectivity index (χ1v) is 2.63. The Balaban J connectivity index is 3.60. The summed E-state index contributed by atoms with van der Waals surface area (Å²) in [5.74, 6) is -0.474. The summed E-state index contributed by atoms with van der Waals surface area (Å²) < 4.78 is 0. The van der Waals surface area contributed by atoms with E-state index in [1.54, 1.807) is 6.92 Å². The second-order valence-corrected chi connectivity index (χ2v) is 1.58. The van der Waals surface area contributed by atoms with E-state index >= 15 is 0 Å². The zero-order valence-corrected chi connectivity index (χ0v) is 5.29. The maximum Gasteiger partial charge on any atom is 0.237 e. The lowest BCUT2D eigenvalue weighted by Gasteiger charge is -2.07. The lowest BCUT2D eigenvalue weighted by atomic mass is 10.5. The van der Waals surface area contributed by atoms with Crippen molar-refractivity contribution in [1.29, 1.82) is 5.26 Å². The summed E-state index contributed by atoms with van der Waals surface area (Å²) >= 11 is 0. The van der Waals surface area contributed by atoms with Crippen LogP contribution in [0.4, 0.5) is 0 Å². The third-order valence-electron chi connectivity index (χ3n) is 0.870. The normalized spacial score (nSPS) is 8.00. The molecule has 0 fully saturated rings. The van der Waals surface area contributed by atoms with E-state index in [1.807, 2.05) is 6.19 Å². The van der Waals surface area contributed by atoms with Crippen molar-refractivity contribution < 1.29 is 4.79 Å². The third-order valence-corrected chi connectivity index (χ3v) is 0.870. The second-order valence-electron chi connectivity index (χ2n) is 1.58. The molecule has 0 rings (SSSR count). The van der Waals surface area contributed by atoms with Gasteiger partial charge in [-0.25, -0.2) is 0 Å². The number of amides is 1. The molecule has 9 heavy (non-hydrogen) atoms. The maximum absolute atomic E-state index is 10.2. The van der Waals surface area contributed by atoms with Gasteiger partial charge in [-0.3, -0.25) is 4.79 Å². The van der Waals surface area contributed by atoms with Crippen LogP contribution in [0.2, 0.25) is 0 Å². The van der Waals surface area contributed by atoms with Crippen LogP contribution >= 0.6 is 0 Å². The monoisotopic (exact) mass is 127 g/mol. The Bertz CT molecular complexity index is 138. The zero-order chi connectivity index (χ0) is 7.28. The van der Waals surface area contributed by atoms with Crippen LogP contribution in [0.25, 0.3) is 0 Å². The van der Waals surface area contributed by atoms with Crippen molar-refractivity contribution in [2.75, 3.05) is 13.1 Å². The fourth-order valence-corrected chi connectivity index (χ4v) is 0.406. The number of hydrogen-bond acceptors (Lipinski definition) is 3. The minimum atomic E-state index is -0.474. The van der Waals surface area contributed by atoms with Crippen LogP contribution in [0, 0.1) is 11.5 Å². The van der Waals surface area contributed by atoms with Gasteiger partial charge in [0, 0.05) is 6.54 Å². The lowest BCUT2D eigenvalue weighted by molar-refractivity contribution is -0.118. The highest BCUT2D eigenvalue weighted by atomic mass is 16.1. The van der Waals surface area contributed by atoms with Crippen molar-refractivity contribution in [2.24, 2.45) is 5.73 Å². The maximum atomic E-state index is 10.2. The molecule has 0 spiro atoms. The Morgan fingerprint density at radius 3 is 2.56 bits per heavy atom. The van der Waals surface area contributed by atoms with E-state index in [1.165, 1.54) is 4.90 Å². The van der Waals surface area contributed by atoms with Crippen molar-refractivity contribution in [1.82, 2.24) is 4.90 Å². The van der Waals surface area contributed by atoms with E-state index in [2.05, 4.69) is 0 Å². The number of nitrogens with two attached hydrogens (primary N) is 1. The van der Waals surface area contributed by atoms with Crippen molar-refractivity contribution in [3.8, 4) is 6.19 Å². The van der Waals surface area contributed by atoms with Gasteiger partial charge in [-0.15, -0.1) is 0 Å². The number of hydrogen-bond donors (Lipinski definition) is 1. The fraction of sp³-hybridized carbons (Fsp3) is 0.600. The SMILES string of the molecule is CCN(C#N)CC(N)=O. The first-order chi connectivity index (χ1) is 4.20. The number of primary amides is 1. The molecular weight excluding hydrogens is 118 g/mol. The zero-order valence-electron chi connectivity index (χ0n) is 5.29. The third kappa shape index (κ3) is 3.35. The van der Waals surface area contributed by atoms with Gasteiger partial charge < -0.3 is 10.6 Å². The van der Waals surface area contributed by atoms with Crippen LogP contribution in [-0.2, 0) is 4.79 Å². The molecule has 4 nitrogen and oxygen atoms in total. The molecule has 0 heterocycles. The van der Waals surface area contributed by atoms with Crippen molar-refractivity contribution >= 4 is 5.91 Å². The van der Waals surface area contributed by atoms with E-state index in [-0.39, 0.29) is 6.54 Å². The standard InChI is InChI=1S/C5H9N3O/c1-2-8(4-6)3-5(7)9/h2-3H2,1H3,(H2,7,9). The van der Waals surface area contributed by atoms with Gasteiger partial charge in [0.2, 0.25) is 5.91 Å². The Labute approximate surface area is 53.9 Å². The average molecular weight is 127 g/mol. The number of carbonyl (C=O) groups is 1. The van der Waals surface area contributed by atoms with Crippen molar-refractivity contribution in [2.45, 2.75) is 6.92 Å². The smallest absolute Gasteiger partial charge is 0.237 e. The highest BCUT2D eigenvalue weighted by molar-refractivity contribution is 5.76. The van der Waals surface area contributed by atoms with Gasteiger partial charge in [-0.05, 0) is 6.92 Å². The van der Waals surface area contributed by atoms with E-state index < -0.39 is 5.91 Å². The highest BCUT2D eigenvalue weighted by Gasteiger charge is 2.00. The minimum Gasteiger partial charge on any atom is -0.368 e. The van der Waals surface area contributed by atoms with Crippen LogP contribution in [0.15, 0.2) is 0 Å². The van der Waals surface area contributed by atoms with Crippen LogP contribution in [-0.4, -0.2) is 23.9 Å². The van der Waals surface area contributed by atoms with Crippen LogP contribution in [0.3, 0.4) is 0 Å². The van der Waals surface area contributed by atoms with Gasteiger partial charge in [0.15, 0.2) is 6.19 Å².